The molecule has 15 heavy (non-hydrogen) atoms. The Hall–Kier alpha value is -0.940. The minimum atomic E-state index is -0.775. The van der Waals surface area contributed by atoms with Gasteiger partial charge >= 0.3 is 0 Å². The van der Waals surface area contributed by atoms with E-state index in [1.807, 2.05) is 24.3 Å². The van der Waals surface area contributed by atoms with Crippen LogP contribution >= 0.6 is 28.6 Å². The summed E-state index contributed by atoms with van der Waals surface area (Å²) in [6.45, 7) is 0. The van der Waals surface area contributed by atoms with Crippen LogP contribution in [0.15, 0.2) is 39.9 Å². The van der Waals surface area contributed by atoms with Crippen molar-refractivity contribution in [3.05, 3.63) is 40.5 Å². The molecule has 0 aromatic heterocycles. The highest BCUT2D eigenvalue weighted by Crippen LogP contribution is 2.33. The largest absolute Gasteiger partial charge is 0.398 e. The highest BCUT2D eigenvalue weighted by atomic mass is 79.9. The summed E-state index contributed by atoms with van der Waals surface area (Å²) in [7, 11) is 0. The molecule has 0 spiro atoms. The summed E-state index contributed by atoms with van der Waals surface area (Å²) < 4.78 is 0.877. The first kappa shape index (κ1) is 10.6. The van der Waals surface area contributed by atoms with Gasteiger partial charge in [-0.3, -0.25) is 0 Å². The number of hydrogen-bond donors (Lipinski definition) is 3. The van der Waals surface area contributed by atoms with Crippen molar-refractivity contribution in [3.63, 3.8) is 0 Å². The Balaban J connectivity index is 2.40. The number of thiol groups is 1. The first-order valence-electron chi connectivity index (χ1n) is 4.38. The van der Waals surface area contributed by atoms with Crippen LogP contribution in [0, 0.1) is 0 Å². The smallest absolute Gasteiger partial charge is 0.202 e. The van der Waals surface area contributed by atoms with Crippen LogP contribution < -0.4 is 11.1 Å². The van der Waals surface area contributed by atoms with Crippen molar-refractivity contribution in [1.29, 1.82) is 0 Å². The Bertz CT molecular complexity index is 444. The molecule has 0 saturated heterocycles. The van der Waals surface area contributed by atoms with Crippen molar-refractivity contribution in [3.8, 4) is 0 Å². The molecule has 1 atom stereocenters. The highest BCUT2D eigenvalue weighted by molar-refractivity contribution is 9.12. The molecule has 0 saturated carbocycles. The van der Waals surface area contributed by atoms with Crippen LogP contribution in [0.5, 0.6) is 0 Å². The third-order valence-corrected chi connectivity index (χ3v) is 3.04. The van der Waals surface area contributed by atoms with Crippen LogP contribution in [0.4, 0.5) is 5.69 Å². The summed E-state index contributed by atoms with van der Waals surface area (Å²) >= 11 is 7.81. The monoisotopic (exact) mass is 283 g/mol. The van der Waals surface area contributed by atoms with Gasteiger partial charge in [-0.25, -0.2) is 4.99 Å². The second kappa shape index (κ2) is 3.90. The number of para-hydroxylation sites is 1. The van der Waals surface area contributed by atoms with E-state index in [1.165, 1.54) is 0 Å². The number of nitrogens with two attached hydrogens (primary N) is 1. The van der Waals surface area contributed by atoms with Gasteiger partial charge in [0.05, 0.1) is 4.48 Å². The van der Waals surface area contributed by atoms with Crippen LogP contribution in [0.1, 0.15) is 5.56 Å². The topological polar surface area (TPSA) is 50.4 Å². The van der Waals surface area contributed by atoms with Crippen molar-refractivity contribution in [2.24, 2.45) is 4.99 Å². The predicted octanol–water partition coefficient (Wildman–Crippen LogP) is 2.22. The molecule has 0 radical (unpaired) electrons. The average Bonchev–Trinajstić information content (AvgIpc) is 2.23. The van der Waals surface area contributed by atoms with E-state index in [9.17, 15) is 0 Å². The van der Waals surface area contributed by atoms with Crippen LogP contribution in [-0.4, -0.2) is 6.21 Å². The van der Waals surface area contributed by atoms with Gasteiger partial charge in [0, 0.05) is 23.7 Å². The summed E-state index contributed by atoms with van der Waals surface area (Å²) in [5.41, 5.74) is 7.39. The first-order chi connectivity index (χ1) is 7.12. The van der Waals surface area contributed by atoms with Crippen LogP contribution in [0.3, 0.4) is 0 Å². The van der Waals surface area contributed by atoms with Gasteiger partial charge in [-0.1, -0.05) is 18.2 Å². The molecule has 0 amide bonds. The molecule has 1 aromatic carbocycles. The van der Waals surface area contributed by atoms with Crippen molar-refractivity contribution < 1.29 is 0 Å². The number of rotatable bonds is 1. The molecule has 3 nitrogen and oxygen atoms in total. The van der Waals surface area contributed by atoms with Crippen molar-refractivity contribution in [2.45, 2.75) is 4.99 Å². The zero-order valence-corrected chi connectivity index (χ0v) is 10.3. The van der Waals surface area contributed by atoms with Crippen LogP contribution in [0.2, 0.25) is 0 Å². The summed E-state index contributed by atoms with van der Waals surface area (Å²) in [5, 5.41) is 3.08. The molecule has 3 N–H and O–H groups in total. The maximum absolute atomic E-state index is 5.88. The van der Waals surface area contributed by atoms with E-state index in [1.54, 1.807) is 12.4 Å². The molecule has 0 fully saturated rings. The standard InChI is InChI=1S/C10H10BrN3S/c11-7-5-13-10(15,14-6-7)8-3-1-2-4-9(8)12/h1-6,13,15H,12H2/t10-/m1/s1. The molecule has 2 rings (SSSR count). The van der Waals surface area contributed by atoms with E-state index < -0.39 is 4.99 Å². The fourth-order valence-corrected chi connectivity index (χ4v) is 1.90. The van der Waals surface area contributed by atoms with Gasteiger partial charge in [-0.15, -0.1) is 12.6 Å². The molecular weight excluding hydrogens is 274 g/mol. The van der Waals surface area contributed by atoms with Crippen molar-refractivity contribution in [2.75, 3.05) is 5.73 Å². The first-order valence-corrected chi connectivity index (χ1v) is 5.62. The maximum atomic E-state index is 5.88. The number of aliphatic imine (C=N–C) groups is 1. The minimum Gasteiger partial charge on any atom is -0.398 e. The lowest BCUT2D eigenvalue weighted by Gasteiger charge is -2.28. The Kier molecular flexibility index (Phi) is 2.75. The number of halogens is 1. The van der Waals surface area contributed by atoms with E-state index in [2.05, 4.69) is 38.9 Å². The van der Waals surface area contributed by atoms with E-state index in [0.29, 0.717) is 5.69 Å². The number of anilines is 1. The molecular formula is C10H10BrN3S. The third kappa shape index (κ3) is 2.03. The molecule has 1 aliphatic rings. The number of allylic oxidation sites excluding steroid dienone is 1. The zero-order valence-electron chi connectivity index (χ0n) is 7.81. The van der Waals surface area contributed by atoms with Gasteiger partial charge in [0.2, 0.25) is 4.99 Å². The molecule has 0 bridgehead atoms. The highest BCUT2D eigenvalue weighted by Gasteiger charge is 2.28. The number of nitrogens with zero attached hydrogens (tertiary/aromatic N) is 1. The summed E-state index contributed by atoms with van der Waals surface area (Å²) in [4.78, 5) is 3.53. The van der Waals surface area contributed by atoms with Gasteiger partial charge in [-0.05, 0) is 22.0 Å². The summed E-state index contributed by atoms with van der Waals surface area (Å²) in [6.07, 6.45) is 3.50. The van der Waals surface area contributed by atoms with Gasteiger partial charge < -0.3 is 11.1 Å². The van der Waals surface area contributed by atoms with E-state index in [0.717, 1.165) is 10.0 Å². The Morgan fingerprint density at radius 2 is 2.13 bits per heavy atom. The minimum absolute atomic E-state index is 0.670. The Morgan fingerprint density at radius 1 is 1.40 bits per heavy atom. The lowest BCUT2D eigenvalue weighted by molar-refractivity contribution is 0.594. The second-order valence-corrected chi connectivity index (χ2v) is 4.75. The molecule has 1 aromatic rings. The fraction of sp³-hybridized carbons (Fsp3) is 0.100. The molecule has 1 heterocycles. The number of nitrogen functional groups attached to an aromatic ring is 1. The van der Waals surface area contributed by atoms with E-state index in [4.69, 9.17) is 5.73 Å². The predicted molar refractivity (Wildman–Crippen MR) is 70.2 cm³/mol. The number of nitrogens with one attached hydrogen (secondary N) is 1. The van der Waals surface area contributed by atoms with Crippen LogP contribution in [0.25, 0.3) is 0 Å². The van der Waals surface area contributed by atoms with E-state index in [-0.39, 0.29) is 0 Å². The normalized spacial score (nSPS) is 24.5. The Morgan fingerprint density at radius 3 is 2.73 bits per heavy atom. The van der Waals surface area contributed by atoms with Gasteiger partial charge in [0.15, 0.2) is 0 Å². The SMILES string of the molecule is Nc1ccccc1[C@]1(S)N=CC(Br)=CN1. The number of benzene rings is 1. The quantitative estimate of drug-likeness (QED) is 0.547. The molecule has 5 heteroatoms. The summed E-state index contributed by atoms with van der Waals surface area (Å²) in [6, 6.07) is 7.53. The average molecular weight is 284 g/mol. The zero-order chi connectivity index (χ0) is 10.9. The summed E-state index contributed by atoms with van der Waals surface area (Å²) in [5.74, 6) is 0. The molecule has 78 valence electrons. The lowest BCUT2D eigenvalue weighted by Crippen LogP contribution is -2.34. The Labute approximate surface area is 102 Å². The lowest BCUT2D eigenvalue weighted by atomic mass is 10.1. The van der Waals surface area contributed by atoms with Crippen molar-refractivity contribution >= 4 is 40.5 Å². The molecule has 0 unspecified atom stereocenters. The van der Waals surface area contributed by atoms with Gasteiger partial charge in [0.25, 0.3) is 0 Å². The molecule has 0 aliphatic carbocycles. The van der Waals surface area contributed by atoms with E-state index >= 15 is 0 Å². The van der Waals surface area contributed by atoms with Gasteiger partial charge in [-0.2, -0.15) is 0 Å². The van der Waals surface area contributed by atoms with Crippen molar-refractivity contribution in [1.82, 2.24) is 5.32 Å². The van der Waals surface area contributed by atoms with Crippen LogP contribution in [-0.2, 0) is 4.99 Å². The van der Waals surface area contributed by atoms with Gasteiger partial charge in [0.1, 0.15) is 0 Å². The second-order valence-electron chi connectivity index (χ2n) is 3.19. The number of hydrogen-bond acceptors (Lipinski definition) is 4. The third-order valence-electron chi connectivity index (χ3n) is 2.12. The fourth-order valence-electron chi connectivity index (χ4n) is 1.36. The molecule has 1 aliphatic heterocycles. The maximum Gasteiger partial charge on any atom is 0.202 e.